The number of nitrogens with zero attached hydrogens (tertiary/aromatic N) is 1. The van der Waals surface area contributed by atoms with Crippen LogP contribution < -0.4 is 5.32 Å². The predicted octanol–water partition coefficient (Wildman–Crippen LogP) is 2.26. The molecular formula is C11H14N2O4. The van der Waals surface area contributed by atoms with Gasteiger partial charge in [0, 0.05) is 30.3 Å². The fourth-order valence-corrected chi connectivity index (χ4v) is 1.38. The molecule has 0 aliphatic heterocycles. The second-order valence-electron chi connectivity index (χ2n) is 3.78. The van der Waals surface area contributed by atoms with Crippen LogP contribution >= 0.6 is 0 Å². The molecule has 92 valence electrons. The number of non-ortho nitro benzene ring substituents is 1. The number of carboxylic acids is 1. The minimum absolute atomic E-state index is 0.00700. The number of carboxylic acid groups (broad SMARTS) is 1. The SMILES string of the molecule is CC(CCC(=O)O)Nc1ccc([N+](=O)[O-])cc1. The van der Waals surface area contributed by atoms with E-state index in [0.29, 0.717) is 6.42 Å². The summed E-state index contributed by atoms with van der Waals surface area (Å²) < 4.78 is 0. The van der Waals surface area contributed by atoms with E-state index < -0.39 is 10.9 Å². The molecule has 1 aromatic rings. The minimum Gasteiger partial charge on any atom is -0.481 e. The van der Waals surface area contributed by atoms with E-state index in [1.165, 1.54) is 12.1 Å². The van der Waals surface area contributed by atoms with Crippen LogP contribution in [0.2, 0.25) is 0 Å². The number of hydrogen-bond donors (Lipinski definition) is 2. The van der Waals surface area contributed by atoms with Gasteiger partial charge in [-0.25, -0.2) is 0 Å². The lowest BCUT2D eigenvalue weighted by atomic mass is 10.1. The first-order chi connectivity index (χ1) is 7.99. The van der Waals surface area contributed by atoms with Crippen molar-refractivity contribution >= 4 is 17.3 Å². The number of carbonyl (C=O) groups is 1. The quantitative estimate of drug-likeness (QED) is 0.585. The van der Waals surface area contributed by atoms with Gasteiger partial charge in [-0.05, 0) is 25.5 Å². The second-order valence-corrected chi connectivity index (χ2v) is 3.78. The molecule has 0 saturated heterocycles. The van der Waals surface area contributed by atoms with Crippen molar-refractivity contribution < 1.29 is 14.8 Å². The Bertz CT molecular complexity index is 402. The fraction of sp³-hybridized carbons (Fsp3) is 0.364. The Kier molecular flexibility index (Phi) is 4.45. The zero-order valence-electron chi connectivity index (χ0n) is 9.42. The Balaban J connectivity index is 2.51. The Labute approximate surface area is 98.4 Å². The van der Waals surface area contributed by atoms with Gasteiger partial charge in [0.05, 0.1) is 4.92 Å². The van der Waals surface area contributed by atoms with E-state index in [1.54, 1.807) is 12.1 Å². The van der Waals surface area contributed by atoms with Gasteiger partial charge in [-0.1, -0.05) is 0 Å². The van der Waals surface area contributed by atoms with E-state index >= 15 is 0 Å². The zero-order valence-corrected chi connectivity index (χ0v) is 9.42. The van der Waals surface area contributed by atoms with Crippen LogP contribution in [-0.4, -0.2) is 22.0 Å². The molecular weight excluding hydrogens is 224 g/mol. The summed E-state index contributed by atoms with van der Waals surface area (Å²) in [4.78, 5) is 20.3. The van der Waals surface area contributed by atoms with Gasteiger partial charge in [0.1, 0.15) is 0 Å². The zero-order chi connectivity index (χ0) is 12.8. The number of benzene rings is 1. The summed E-state index contributed by atoms with van der Waals surface area (Å²) in [5, 5.41) is 22.0. The van der Waals surface area contributed by atoms with E-state index in [0.717, 1.165) is 5.69 Å². The van der Waals surface area contributed by atoms with Gasteiger partial charge in [-0.2, -0.15) is 0 Å². The maximum Gasteiger partial charge on any atom is 0.303 e. The van der Waals surface area contributed by atoms with Crippen molar-refractivity contribution in [2.24, 2.45) is 0 Å². The lowest BCUT2D eigenvalue weighted by Gasteiger charge is -2.13. The number of rotatable bonds is 6. The number of nitro groups is 1. The van der Waals surface area contributed by atoms with Crippen LogP contribution in [0, 0.1) is 10.1 Å². The highest BCUT2D eigenvalue weighted by molar-refractivity contribution is 5.66. The van der Waals surface area contributed by atoms with Crippen molar-refractivity contribution in [3.05, 3.63) is 34.4 Å². The third-order valence-electron chi connectivity index (χ3n) is 2.28. The first-order valence-electron chi connectivity index (χ1n) is 5.22. The molecule has 0 fully saturated rings. The van der Waals surface area contributed by atoms with Crippen LogP contribution in [0.25, 0.3) is 0 Å². The predicted molar refractivity (Wildman–Crippen MR) is 63.1 cm³/mol. The molecule has 0 amide bonds. The number of anilines is 1. The third kappa shape index (κ3) is 4.50. The van der Waals surface area contributed by atoms with E-state index in [2.05, 4.69) is 5.32 Å². The fourth-order valence-electron chi connectivity index (χ4n) is 1.38. The first-order valence-corrected chi connectivity index (χ1v) is 5.22. The number of nitrogens with one attached hydrogen (secondary N) is 1. The Morgan fingerprint density at radius 3 is 2.53 bits per heavy atom. The summed E-state index contributed by atoms with van der Waals surface area (Å²) in [6, 6.07) is 6.04. The lowest BCUT2D eigenvalue weighted by molar-refractivity contribution is -0.384. The maximum absolute atomic E-state index is 10.4. The van der Waals surface area contributed by atoms with Crippen LogP contribution in [-0.2, 0) is 4.79 Å². The molecule has 1 rings (SSSR count). The van der Waals surface area contributed by atoms with Crippen molar-refractivity contribution in [1.29, 1.82) is 0 Å². The normalized spacial score (nSPS) is 11.8. The van der Waals surface area contributed by atoms with E-state index in [1.807, 2.05) is 6.92 Å². The van der Waals surface area contributed by atoms with Gasteiger partial charge >= 0.3 is 5.97 Å². The number of nitro benzene ring substituents is 1. The first kappa shape index (κ1) is 13.0. The van der Waals surface area contributed by atoms with Crippen LogP contribution in [0.4, 0.5) is 11.4 Å². The van der Waals surface area contributed by atoms with Gasteiger partial charge in [0.15, 0.2) is 0 Å². The Hall–Kier alpha value is -2.11. The Morgan fingerprint density at radius 1 is 1.47 bits per heavy atom. The highest BCUT2D eigenvalue weighted by atomic mass is 16.6. The molecule has 0 saturated carbocycles. The highest BCUT2D eigenvalue weighted by Gasteiger charge is 2.07. The topological polar surface area (TPSA) is 92.5 Å². The molecule has 6 nitrogen and oxygen atoms in total. The summed E-state index contributed by atoms with van der Waals surface area (Å²) >= 11 is 0. The second kappa shape index (κ2) is 5.83. The summed E-state index contributed by atoms with van der Waals surface area (Å²) in [6.07, 6.45) is 0.605. The molecule has 1 atom stereocenters. The monoisotopic (exact) mass is 238 g/mol. The molecule has 17 heavy (non-hydrogen) atoms. The smallest absolute Gasteiger partial charge is 0.303 e. The average Bonchev–Trinajstić information content (AvgIpc) is 2.27. The molecule has 0 spiro atoms. The molecule has 0 bridgehead atoms. The molecule has 1 unspecified atom stereocenters. The van der Waals surface area contributed by atoms with Crippen molar-refractivity contribution in [3.63, 3.8) is 0 Å². The van der Waals surface area contributed by atoms with Crippen molar-refractivity contribution in [1.82, 2.24) is 0 Å². The summed E-state index contributed by atoms with van der Waals surface area (Å²) in [5.74, 6) is -0.831. The molecule has 0 aromatic heterocycles. The summed E-state index contributed by atoms with van der Waals surface area (Å²) in [5.41, 5.74) is 0.780. The van der Waals surface area contributed by atoms with Gasteiger partial charge in [-0.3, -0.25) is 14.9 Å². The standard InChI is InChI=1S/C11H14N2O4/c1-8(2-7-11(14)15)12-9-3-5-10(6-4-9)13(16)17/h3-6,8,12H,2,7H2,1H3,(H,14,15). The largest absolute Gasteiger partial charge is 0.481 e. The minimum atomic E-state index is -0.831. The highest BCUT2D eigenvalue weighted by Crippen LogP contribution is 2.16. The van der Waals surface area contributed by atoms with E-state index in [4.69, 9.17) is 5.11 Å². The maximum atomic E-state index is 10.4. The van der Waals surface area contributed by atoms with Crippen molar-refractivity contribution in [3.8, 4) is 0 Å². The Morgan fingerprint density at radius 2 is 2.06 bits per heavy atom. The molecule has 0 heterocycles. The average molecular weight is 238 g/mol. The summed E-state index contributed by atoms with van der Waals surface area (Å²) in [7, 11) is 0. The van der Waals surface area contributed by atoms with Crippen LogP contribution in [0.15, 0.2) is 24.3 Å². The van der Waals surface area contributed by atoms with E-state index in [-0.39, 0.29) is 18.2 Å². The molecule has 0 radical (unpaired) electrons. The van der Waals surface area contributed by atoms with Gasteiger partial charge in [-0.15, -0.1) is 0 Å². The van der Waals surface area contributed by atoms with Gasteiger partial charge in [0.25, 0.3) is 5.69 Å². The lowest BCUT2D eigenvalue weighted by Crippen LogP contribution is -2.16. The third-order valence-corrected chi connectivity index (χ3v) is 2.28. The molecule has 0 aliphatic carbocycles. The summed E-state index contributed by atoms with van der Waals surface area (Å²) in [6.45, 7) is 1.87. The van der Waals surface area contributed by atoms with Crippen molar-refractivity contribution in [2.75, 3.05) is 5.32 Å². The molecule has 2 N–H and O–H groups in total. The van der Waals surface area contributed by atoms with Crippen LogP contribution in [0.5, 0.6) is 0 Å². The molecule has 6 heteroatoms. The van der Waals surface area contributed by atoms with Gasteiger partial charge in [0.2, 0.25) is 0 Å². The van der Waals surface area contributed by atoms with Gasteiger partial charge < -0.3 is 10.4 Å². The van der Waals surface area contributed by atoms with Crippen molar-refractivity contribution in [2.45, 2.75) is 25.8 Å². The van der Waals surface area contributed by atoms with Crippen LogP contribution in [0.1, 0.15) is 19.8 Å². The van der Waals surface area contributed by atoms with E-state index in [9.17, 15) is 14.9 Å². The molecule has 1 aromatic carbocycles. The number of hydrogen-bond acceptors (Lipinski definition) is 4. The number of aliphatic carboxylic acids is 1. The van der Waals surface area contributed by atoms with Crippen LogP contribution in [0.3, 0.4) is 0 Å². The molecule has 0 aliphatic rings.